The van der Waals surface area contributed by atoms with Gasteiger partial charge in [0.1, 0.15) is 5.76 Å². The van der Waals surface area contributed by atoms with Gasteiger partial charge in [0.2, 0.25) is 0 Å². The number of piperidine rings is 1. The van der Waals surface area contributed by atoms with Gasteiger partial charge >= 0.3 is 0 Å². The molecule has 0 saturated carbocycles. The summed E-state index contributed by atoms with van der Waals surface area (Å²) >= 11 is 0. The minimum atomic E-state index is 0. The van der Waals surface area contributed by atoms with Gasteiger partial charge in [0.05, 0.1) is 18.8 Å². The first-order valence-electron chi connectivity index (χ1n) is 9.19. The molecule has 0 radical (unpaired) electrons. The topological polar surface area (TPSA) is 66.8 Å². The van der Waals surface area contributed by atoms with Crippen molar-refractivity contribution in [3.8, 4) is 0 Å². The van der Waals surface area contributed by atoms with Crippen LogP contribution in [0.15, 0.2) is 52.1 Å². The Morgan fingerprint density at radius 3 is 2.73 bits per heavy atom. The minimum Gasteiger partial charge on any atom is -0.468 e. The summed E-state index contributed by atoms with van der Waals surface area (Å²) in [6, 6.07) is 12.4. The Balaban J connectivity index is 0.00000243. The van der Waals surface area contributed by atoms with Gasteiger partial charge in [-0.2, -0.15) is 0 Å². The molecule has 0 spiro atoms. The fourth-order valence-electron chi connectivity index (χ4n) is 3.34. The molecule has 1 aliphatic heterocycles. The maximum absolute atomic E-state index is 6.12. The van der Waals surface area contributed by atoms with E-state index in [9.17, 15) is 0 Å². The molecule has 0 aliphatic carbocycles. The van der Waals surface area contributed by atoms with Crippen LogP contribution >= 0.6 is 24.0 Å². The molecule has 1 atom stereocenters. The number of rotatable bonds is 6. The number of nitrogens with one attached hydrogen (secondary N) is 1. The normalized spacial score (nSPS) is 16.7. The van der Waals surface area contributed by atoms with Crippen molar-refractivity contribution in [3.05, 3.63) is 54.0 Å². The lowest BCUT2D eigenvalue weighted by molar-refractivity contribution is 0.150. The number of furan rings is 1. The highest BCUT2D eigenvalue weighted by Gasteiger charge is 2.24. The molecule has 1 unspecified atom stereocenters. The summed E-state index contributed by atoms with van der Waals surface area (Å²) in [5.74, 6) is 1.41. The lowest BCUT2D eigenvalue weighted by Crippen LogP contribution is -2.36. The number of anilines is 1. The van der Waals surface area contributed by atoms with Crippen LogP contribution in [0.2, 0.25) is 0 Å². The van der Waals surface area contributed by atoms with E-state index in [-0.39, 0.29) is 30.0 Å². The molecule has 1 fully saturated rings. The lowest BCUT2D eigenvalue weighted by atomic mass is 10.1. The first-order chi connectivity index (χ1) is 12.3. The Morgan fingerprint density at radius 2 is 2.04 bits per heavy atom. The second-order valence-electron chi connectivity index (χ2n) is 6.53. The van der Waals surface area contributed by atoms with E-state index in [1.54, 1.807) is 6.26 Å². The SMILES string of the molecule is CCc1cccc(NC(N)=NCC(c2ccco2)N2CCCCC2)c1.I. The third-order valence-electron chi connectivity index (χ3n) is 4.75. The van der Waals surface area contributed by atoms with E-state index in [4.69, 9.17) is 10.2 Å². The largest absolute Gasteiger partial charge is 0.468 e. The molecule has 6 heteroatoms. The highest BCUT2D eigenvalue weighted by atomic mass is 127. The molecular formula is C20H29IN4O. The van der Waals surface area contributed by atoms with Crippen LogP contribution in [0, 0.1) is 0 Å². The first-order valence-corrected chi connectivity index (χ1v) is 9.19. The molecule has 3 rings (SSSR count). The highest BCUT2D eigenvalue weighted by Crippen LogP contribution is 2.25. The average molecular weight is 468 g/mol. The van der Waals surface area contributed by atoms with E-state index >= 15 is 0 Å². The van der Waals surface area contributed by atoms with Crippen LogP contribution in [-0.2, 0) is 6.42 Å². The fourth-order valence-corrected chi connectivity index (χ4v) is 3.34. The predicted octanol–water partition coefficient (Wildman–Crippen LogP) is 4.41. The molecule has 0 bridgehead atoms. The maximum Gasteiger partial charge on any atom is 0.193 e. The number of guanidine groups is 1. The van der Waals surface area contributed by atoms with E-state index in [1.807, 2.05) is 24.3 Å². The van der Waals surface area contributed by atoms with Gasteiger partial charge in [-0.3, -0.25) is 9.89 Å². The Morgan fingerprint density at radius 1 is 1.23 bits per heavy atom. The van der Waals surface area contributed by atoms with Crippen molar-refractivity contribution in [2.24, 2.45) is 10.7 Å². The van der Waals surface area contributed by atoms with Crippen molar-refractivity contribution in [1.29, 1.82) is 0 Å². The molecule has 5 nitrogen and oxygen atoms in total. The maximum atomic E-state index is 6.12. The molecule has 1 aromatic heterocycles. The van der Waals surface area contributed by atoms with Crippen molar-refractivity contribution in [1.82, 2.24) is 4.90 Å². The number of halogens is 1. The highest BCUT2D eigenvalue weighted by molar-refractivity contribution is 14.0. The predicted molar refractivity (Wildman–Crippen MR) is 118 cm³/mol. The van der Waals surface area contributed by atoms with E-state index in [0.29, 0.717) is 12.5 Å². The van der Waals surface area contributed by atoms with Crippen LogP contribution in [0.25, 0.3) is 0 Å². The van der Waals surface area contributed by atoms with Crippen LogP contribution in [0.4, 0.5) is 5.69 Å². The number of benzene rings is 1. The van der Waals surface area contributed by atoms with Gasteiger partial charge in [-0.25, -0.2) is 0 Å². The molecule has 1 aliphatic rings. The lowest BCUT2D eigenvalue weighted by Gasteiger charge is -2.32. The van der Waals surface area contributed by atoms with Crippen LogP contribution < -0.4 is 11.1 Å². The van der Waals surface area contributed by atoms with Crippen molar-refractivity contribution in [2.75, 3.05) is 25.0 Å². The minimum absolute atomic E-state index is 0. The summed E-state index contributed by atoms with van der Waals surface area (Å²) in [6.07, 6.45) is 6.51. The smallest absolute Gasteiger partial charge is 0.193 e. The summed E-state index contributed by atoms with van der Waals surface area (Å²) in [6.45, 7) is 4.92. The first kappa shape index (κ1) is 20.8. The summed E-state index contributed by atoms with van der Waals surface area (Å²) in [4.78, 5) is 7.04. The molecule has 3 N–H and O–H groups in total. The number of hydrogen-bond acceptors (Lipinski definition) is 3. The van der Waals surface area contributed by atoms with Crippen LogP contribution in [0.5, 0.6) is 0 Å². The molecule has 1 aromatic carbocycles. The number of nitrogens with zero attached hydrogens (tertiary/aromatic N) is 2. The van der Waals surface area contributed by atoms with Gasteiger partial charge in [0.15, 0.2) is 5.96 Å². The molecule has 2 aromatic rings. The third-order valence-corrected chi connectivity index (χ3v) is 4.75. The van der Waals surface area contributed by atoms with Crippen LogP contribution in [-0.4, -0.2) is 30.5 Å². The fraction of sp³-hybridized carbons (Fsp3) is 0.450. The van der Waals surface area contributed by atoms with Crippen LogP contribution in [0.1, 0.15) is 43.6 Å². The van der Waals surface area contributed by atoms with Crippen molar-refractivity contribution < 1.29 is 4.42 Å². The zero-order chi connectivity index (χ0) is 17.5. The quantitative estimate of drug-likeness (QED) is 0.375. The number of aliphatic imine (C=N–C) groups is 1. The summed E-state index contributed by atoms with van der Waals surface area (Å²) in [5.41, 5.74) is 8.38. The molecule has 0 amide bonds. The molecule has 2 heterocycles. The molecule has 142 valence electrons. The number of likely N-dealkylation sites (tertiary alicyclic amines) is 1. The summed E-state index contributed by atoms with van der Waals surface area (Å²) in [7, 11) is 0. The van der Waals surface area contributed by atoms with E-state index in [1.165, 1.54) is 24.8 Å². The number of hydrogen-bond donors (Lipinski definition) is 2. The summed E-state index contributed by atoms with van der Waals surface area (Å²) < 4.78 is 5.66. The summed E-state index contributed by atoms with van der Waals surface area (Å²) in [5, 5.41) is 3.20. The van der Waals surface area contributed by atoms with Gasteiger partial charge in [0.25, 0.3) is 0 Å². The molecular weight excluding hydrogens is 439 g/mol. The van der Waals surface area contributed by atoms with Gasteiger partial charge in [-0.05, 0) is 62.2 Å². The zero-order valence-electron chi connectivity index (χ0n) is 15.4. The molecule has 1 saturated heterocycles. The average Bonchev–Trinajstić information content (AvgIpc) is 3.17. The zero-order valence-corrected chi connectivity index (χ0v) is 17.7. The number of aryl methyl sites for hydroxylation is 1. The van der Waals surface area contributed by atoms with Crippen molar-refractivity contribution in [2.45, 2.75) is 38.6 Å². The Kier molecular flexibility index (Phi) is 8.44. The Hall–Kier alpha value is -1.54. The Bertz CT molecular complexity index is 681. The van der Waals surface area contributed by atoms with E-state index < -0.39 is 0 Å². The Labute approximate surface area is 173 Å². The second kappa shape index (κ2) is 10.6. The van der Waals surface area contributed by atoms with Crippen molar-refractivity contribution in [3.63, 3.8) is 0 Å². The van der Waals surface area contributed by atoms with E-state index in [0.717, 1.165) is 31.0 Å². The third kappa shape index (κ3) is 5.74. The standard InChI is InChI=1S/C20H28N4O.HI/c1-2-16-8-6-9-17(14-16)23-20(21)22-15-18(19-10-7-13-25-19)24-11-4-3-5-12-24;/h6-10,13-14,18H,2-5,11-12,15H2,1H3,(H3,21,22,23);1H. The van der Waals surface area contributed by atoms with Crippen LogP contribution in [0.3, 0.4) is 0 Å². The molecule has 26 heavy (non-hydrogen) atoms. The van der Waals surface area contributed by atoms with Gasteiger partial charge in [0, 0.05) is 5.69 Å². The second-order valence-corrected chi connectivity index (χ2v) is 6.53. The van der Waals surface area contributed by atoms with E-state index in [2.05, 4.69) is 34.3 Å². The number of nitrogens with two attached hydrogens (primary N) is 1. The monoisotopic (exact) mass is 468 g/mol. The van der Waals surface area contributed by atoms with Gasteiger partial charge < -0.3 is 15.5 Å². The van der Waals surface area contributed by atoms with Gasteiger partial charge in [-0.1, -0.05) is 25.5 Å². The van der Waals surface area contributed by atoms with Gasteiger partial charge in [-0.15, -0.1) is 24.0 Å². The van der Waals surface area contributed by atoms with Crippen molar-refractivity contribution >= 4 is 35.6 Å².